The number of alkyl halides is 2. The third kappa shape index (κ3) is 2.61. The van der Waals surface area contributed by atoms with E-state index in [9.17, 15) is 13.6 Å². The molecule has 0 aromatic carbocycles. The van der Waals surface area contributed by atoms with Gasteiger partial charge in [-0.3, -0.25) is 9.78 Å². The van der Waals surface area contributed by atoms with Gasteiger partial charge in [-0.05, 0) is 6.07 Å². The summed E-state index contributed by atoms with van der Waals surface area (Å²) in [6.45, 7) is 0. The van der Waals surface area contributed by atoms with Crippen molar-refractivity contribution in [3.8, 4) is 0 Å². The van der Waals surface area contributed by atoms with Gasteiger partial charge in [0.05, 0.1) is 24.9 Å². The standard InChI is InChI=1S/C9H10F2N2O2/c1-15-7(14)4-6-8(12)5(9(10)11)2-3-13-6/h2-3,9H,4,12H2,1H3. The van der Waals surface area contributed by atoms with Crippen LogP contribution >= 0.6 is 0 Å². The fourth-order valence-electron chi connectivity index (χ4n) is 1.07. The summed E-state index contributed by atoms with van der Waals surface area (Å²) in [5.74, 6) is -0.569. The molecule has 1 aromatic rings. The van der Waals surface area contributed by atoms with Crippen LogP contribution in [-0.2, 0) is 16.0 Å². The summed E-state index contributed by atoms with van der Waals surface area (Å²) < 4.78 is 29.2. The number of halogens is 2. The lowest BCUT2D eigenvalue weighted by molar-refractivity contribution is -0.139. The van der Waals surface area contributed by atoms with E-state index in [1.165, 1.54) is 13.3 Å². The van der Waals surface area contributed by atoms with Gasteiger partial charge in [-0.1, -0.05) is 0 Å². The molecule has 0 aliphatic carbocycles. The molecule has 1 rings (SSSR count). The summed E-state index contributed by atoms with van der Waals surface area (Å²) >= 11 is 0. The van der Waals surface area contributed by atoms with Crippen molar-refractivity contribution in [1.82, 2.24) is 4.98 Å². The number of rotatable bonds is 3. The maximum atomic E-state index is 12.4. The first kappa shape index (κ1) is 11.4. The van der Waals surface area contributed by atoms with Crippen molar-refractivity contribution in [1.29, 1.82) is 0 Å². The zero-order chi connectivity index (χ0) is 11.4. The number of hydrogen-bond donors (Lipinski definition) is 1. The molecule has 0 atom stereocenters. The van der Waals surface area contributed by atoms with Crippen LogP contribution in [0.25, 0.3) is 0 Å². The number of hydrogen-bond acceptors (Lipinski definition) is 4. The third-order valence-electron chi connectivity index (χ3n) is 1.88. The number of nitrogens with two attached hydrogens (primary N) is 1. The number of esters is 1. The second-order valence-corrected chi connectivity index (χ2v) is 2.81. The number of anilines is 1. The van der Waals surface area contributed by atoms with Gasteiger partial charge in [0.15, 0.2) is 0 Å². The fourth-order valence-corrected chi connectivity index (χ4v) is 1.07. The van der Waals surface area contributed by atoms with Crippen molar-refractivity contribution in [3.05, 3.63) is 23.5 Å². The molecule has 15 heavy (non-hydrogen) atoms. The first-order valence-corrected chi connectivity index (χ1v) is 4.14. The fraction of sp³-hybridized carbons (Fsp3) is 0.333. The van der Waals surface area contributed by atoms with Crippen molar-refractivity contribution in [2.75, 3.05) is 12.8 Å². The number of methoxy groups -OCH3 is 1. The van der Waals surface area contributed by atoms with Gasteiger partial charge in [0.25, 0.3) is 6.43 Å². The molecule has 0 unspecified atom stereocenters. The summed E-state index contributed by atoms with van der Waals surface area (Å²) in [6, 6.07) is 1.13. The van der Waals surface area contributed by atoms with E-state index in [1.807, 2.05) is 0 Å². The number of nitrogen functional groups attached to an aromatic ring is 1. The average molecular weight is 216 g/mol. The molecule has 4 nitrogen and oxygen atoms in total. The Balaban J connectivity index is 2.99. The first-order valence-electron chi connectivity index (χ1n) is 4.14. The van der Waals surface area contributed by atoms with Gasteiger partial charge in [0.1, 0.15) is 0 Å². The zero-order valence-corrected chi connectivity index (χ0v) is 8.04. The van der Waals surface area contributed by atoms with E-state index in [-0.39, 0.29) is 23.4 Å². The molecule has 0 saturated heterocycles. The summed E-state index contributed by atoms with van der Waals surface area (Å²) in [7, 11) is 1.20. The van der Waals surface area contributed by atoms with Crippen molar-refractivity contribution in [2.24, 2.45) is 0 Å². The van der Waals surface area contributed by atoms with Gasteiger partial charge >= 0.3 is 5.97 Å². The quantitative estimate of drug-likeness (QED) is 0.774. The molecule has 0 aliphatic heterocycles. The van der Waals surface area contributed by atoms with E-state index in [0.29, 0.717) is 0 Å². The average Bonchev–Trinajstić information content (AvgIpc) is 2.20. The van der Waals surface area contributed by atoms with Crippen LogP contribution in [0.15, 0.2) is 12.3 Å². The van der Waals surface area contributed by atoms with Crippen LogP contribution in [0.2, 0.25) is 0 Å². The number of aromatic nitrogens is 1. The molecule has 0 aliphatic rings. The summed E-state index contributed by atoms with van der Waals surface area (Å²) in [6.07, 6.45) is -1.69. The molecule has 0 bridgehead atoms. The highest BCUT2D eigenvalue weighted by molar-refractivity contribution is 5.74. The lowest BCUT2D eigenvalue weighted by atomic mass is 10.1. The Morgan fingerprint density at radius 2 is 2.33 bits per heavy atom. The van der Waals surface area contributed by atoms with Crippen molar-refractivity contribution < 1.29 is 18.3 Å². The molecule has 1 heterocycles. The number of nitrogens with zero attached hydrogens (tertiary/aromatic N) is 1. The van der Waals surface area contributed by atoms with Crippen LogP contribution in [0.4, 0.5) is 14.5 Å². The van der Waals surface area contributed by atoms with E-state index in [1.54, 1.807) is 0 Å². The highest BCUT2D eigenvalue weighted by Crippen LogP contribution is 2.26. The van der Waals surface area contributed by atoms with Gasteiger partial charge < -0.3 is 10.5 Å². The van der Waals surface area contributed by atoms with Crippen LogP contribution in [0.1, 0.15) is 17.7 Å². The van der Waals surface area contributed by atoms with Crippen LogP contribution in [-0.4, -0.2) is 18.1 Å². The topological polar surface area (TPSA) is 65.2 Å². The second-order valence-electron chi connectivity index (χ2n) is 2.81. The largest absolute Gasteiger partial charge is 0.469 e. The summed E-state index contributed by atoms with van der Waals surface area (Å²) in [4.78, 5) is 14.7. The molecule has 6 heteroatoms. The van der Waals surface area contributed by atoms with Crippen LogP contribution < -0.4 is 5.73 Å². The molecular formula is C9H10F2N2O2. The normalized spacial score (nSPS) is 10.4. The number of ether oxygens (including phenoxy) is 1. The molecular weight excluding hydrogens is 206 g/mol. The van der Waals surface area contributed by atoms with E-state index >= 15 is 0 Å². The van der Waals surface area contributed by atoms with E-state index in [0.717, 1.165) is 6.07 Å². The van der Waals surface area contributed by atoms with Gasteiger partial charge in [-0.25, -0.2) is 8.78 Å². The predicted molar refractivity (Wildman–Crippen MR) is 49.3 cm³/mol. The lowest BCUT2D eigenvalue weighted by Gasteiger charge is -2.08. The highest BCUT2D eigenvalue weighted by atomic mass is 19.3. The monoisotopic (exact) mass is 216 g/mol. The smallest absolute Gasteiger partial charge is 0.311 e. The van der Waals surface area contributed by atoms with E-state index in [4.69, 9.17) is 5.73 Å². The van der Waals surface area contributed by atoms with E-state index < -0.39 is 12.4 Å². The Morgan fingerprint density at radius 3 is 2.87 bits per heavy atom. The number of pyridine rings is 1. The summed E-state index contributed by atoms with van der Waals surface area (Å²) in [5.41, 5.74) is 5.08. The minimum absolute atomic E-state index is 0.111. The van der Waals surface area contributed by atoms with Crippen LogP contribution in [0, 0.1) is 0 Å². The van der Waals surface area contributed by atoms with Gasteiger partial charge in [0.2, 0.25) is 0 Å². The SMILES string of the molecule is COC(=O)Cc1nccc(C(F)F)c1N. The Hall–Kier alpha value is -1.72. The molecule has 0 fully saturated rings. The molecule has 0 radical (unpaired) electrons. The Morgan fingerprint density at radius 1 is 1.67 bits per heavy atom. The predicted octanol–water partition coefficient (Wildman–Crippen LogP) is 1.32. The van der Waals surface area contributed by atoms with E-state index in [2.05, 4.69) is 9.72 Å². The molecule has 82 valence electrons. The molecule has 2 N–H and O–H groups in total. The summed E-state index contributed by atoms with van der Waals surface area (Å²) in [5, 5.41) is 0. The Kier molecular flexibility index (Phi) is 3.54. The van der Waals surface area contributed by atoms with Gasteiger partial charge in [-0.15, -0.1) is 0 Å². The first-order chi connectivity index (χ1) is 7.06. The second kappa shape index (κ2) is 4.68. The highest BCUT2D eigenvalue weighted by Gasteiger charge is 2.16. The molecule has 0 spiro atoms. The van der Waals surface area contributed by atoms with Crippen LogP contribution in [0.5, 0.6) is 0 Å². The maximum absolute atomic E-state index is 12.4. The van der Waals surface area contributed by atoms with Crippen molar-refractivity contribution >= 4 is 11.7 Å². The molecule has 0 saturated carbocycles. The maximum Gasteiger partial charge on any atom is 0.311 e. The lowest BCUT2D eigenvalue weighted by Crippen LogP contribution is -2.10. The Bertz CT molecular complexity index is 369. The van der Waals surface area contributed by atoms with Crippen molar-refractivity contribution in [2.45, 2.75) is 12.8 Å². The zero-order valence-electron chi connectivity index (χ0n) is 8.04. The third-order valence-corrected chi connectivity index (χ3v) is 1.88. The molecule has 1 aromatic heterocycles. The van der Waals surface area contributed by atoms with Crippen molar-refractivity contribution in [3.63, 3.8) is 0 Å². The number of carbonyl (C=O) groups excluding carboxylic acids is 1. The van der Waals surface area contributed by atoms with Gasteiger partial charge in [-0.2, -0.15) is 0 Å². The minimum Gasteiger partial charge on any atom is -0.469 e. The van der Waals surface area contributed by atoms with Gasteiger partial charge in [0, 0.05) is 11.8 Å². The van der Waals surface area contributed by atoms with Crippen LogP contribution in [0.3, 0.4) is 0 Å². The number of carbonyl (C=O) groups is 1. The molecule has 0 amide bonds. The Labute approximate surface area is 85.1 Å². The minimum atomic E-state index is -2.68.